The van der Waals surface area contributed by atoms with Gasteiger partial charge >= 0.3 is 6.18 Å². The lowest BCUT2D eigenvalue weighted by atomic mass is 9.82. The number of piperidine rings is 1. The highest BCUT2D eigenvalue weighted by Crippen LogP contribution is 2.35. The third kappa shape index (κ3) is 8.17. The lowest BCUT2D eigenvalue weighted by Gasteiger charge is -2.48. The maximum absolute atomic E-state index is 13.2. The summed E-state index contributed by atoms with van der Waals surface area (Å²) in [7, 11) is 0.190. The van der Waals surface area contributed by atoms with E-state index in [9.17, 15) is 21.6 Å². The number of likely N-dealkylation sites (N-methyl/N-ethyl adjacent to an activating group) is 1. The number of rotatable bonds is 8. The number of sulfonamides is 1. The Morgan fingerprint density at radius 2 is 1.90 bits per heavy atom. The van der Waals surface area contributed by atoms with Gasteiger partial charge in [-0.05, 0) is 88.2 Å². The number of carbonyl (C=O) groups is 1. The summed E-state index contributed by atoms with van der Waals surface area (Å²) in [5, 5.41) is 6.89. The fraction of sp³-hybridized carbons (Fsp3) is 0.393. The summed E-state index contributed by atoms with van der Waals surface area (Å²) in [6.07, 6.45) is 1.43. The molecule has 1 saturated heterocycles. The second-order valence-corrected chi connectivity index (χ2v) is 11.7. The van der Waals surface area contributed by atoms with Crippen molar-refractivity contribution in [2.24, 2.45) is 0 Å². The number of nitrogens with one attached hydrogen (secondary N) is 1. The number of nitrogens with zero attached hydrogens (tertiary/aromatic N) is 4. The predicted octanol–water partition coefficient (Wildman–Crippen LogP) is 4.84. The molecule has 222 valence electrons. The van der Waals surface area contributed by atoms with Crippen LogP contribution in [0.25, 0.3) is 0 Å². The van der Waals surface area contributed by atoms with Crippen LogP contribution in [0, 0.1) is 6.92 Å². The normalized spacial score (nSPS) is 17.5. The van der Waals surface area contributed by atoms with E-state index in [1.165, 1.54) is 30.7 Å². The molecule has 41 heavy (non-hydrogen) atoms. The number of aromatic nitrogens is 2. The van der Waals surface area contributed by atoms with Gasteiger partial charge in [0.15, 0.2) is 0 Å². The van der Waals surface area contributed by atoms with Gasteiger partial charge in [-0.3, -0.25) is 9.52 Å². The Bertz CT molecular complexity index is 1420. The van der Waals surface area contributed by atoms with Crippen molar-refractivity contribution < 1.29 is 31.5 Å². The van der Waals surface area contributed by atoms with E-state index < -0.39 is 21.8 Å². The van der Waals surface area contributed by atoms with Gasteiger partial charge in [-0.25, -0.2) is 18.4 Å². The maximum atomic E-state index is 13.2. The van der Waals surface area contributed by atoms with E-state index in [4.69, 9.17) is 9.90 Å². The molecule has 1 atom stereocenters. The Morgan fingerprint density at radius 3 is 2.51 bits per heavy atom. The number of alkyl halides is 3. The molecule has 0 bridgehead atoms. The zero-order valence-electron chi connectivity index (χ0n) is 23.1. The molecular weight excluding hydrogens is 559 g/mol. The summed E-state index contributed by atoms with van der Waals surface area (Å²) in [6, 6.07) is 12.3. The first kappa shape index (κ1) is 31.8. The summed E-state index contributed by atoms with van der Waals surface area (Å²) < 4.78 is 67.9. The predicted molar refractivity (Wildman–Crippen MR) is 150 cm³/mol. The molecule has 0 radical (unpaired) electrons. The van der Waals surface area contributed by atoms with Crippen LogP contribution >= 0.6 is 0 Å². The van der Waals surface area contributed by atoms with E-state index in [1.54, 1.807) is 25.1 Å². The van der Waals surface area contributed by atoms with E-state index in [2.05, 4.69) is 24.5 Å². The molecule has 2 aromatic carbocycles. The molecule has 0 aliphatic carbocycles. The highest BCUT2D eigenvalue weighted by atomic mass is 32.2. The highest BCUT2D eigenvalue weighted by molar-refractivity contribution is 7.92. The van der Waals surface area contributed by atoms with Gasteiger partial charge in [-0.15, -0.1) is 0 Å². The van der Waals surface area contributed by atoms with Crippen LogP contribution in [0.5, 0.6) is 0 Å². The van der Waals surface area contributed by atoms with Gasteiger partial charge in [-0.2, -0.15) is 13.2 Å². The van der Waals surface area contributed by atoms with Gasteiger partial charge in [0.25, 0.3) is 16.5 Å². The second kappa shape index (κ2) is 13.3. The lowest BCUT2D eigenvalue weighted by molar-refractivity contribution is -0.137. The molecule has 9 nitrogen and oxygen atoms in total. The van der Waals surface area contributed by atoms with Crippen LogP contribution in [0.4, 0.5) is 24.7 Å². The minimum Gasteiger partial charge on any atom is -0.483 e. The number of hydrogen-bond acceptors (Lipinski definition) is 7. The van der Waals surface area contributed by atoms with Gasteiger partial charge in [0.05, 0.1) is 10.5 Å². The van der Waals surface area contributed by atoms with Crippen molar-refractivity contribution >= 4 is 28.0 Å². The van der Waals surface area contributed by atoms with Crippen molar-refractivity contribution in [2.75, 3.05) is 36.8 Å². The SMILES string of the molecule is Cc1cc(N2CCC[C@](CCc3cccc(C(F)(F)F)c3)(N(C)C)C2)ccc1S(=O)(=O)Nc1ccncn1.O=CO. The number of anilines is 2. The van der Waals surface area contributed by atoms with E-state index in [1.807, 2.05) is 20.2 Å². The first-order valence-corrected chi connectivity index (χ1v) is 14.4. The Morgan fingerprint density at radius 1 is 1.17 bits per heavy atom. The van der Waals surface area contributed by atoms with E-state index in [0.29, 0.717) is 30.5 Å². The van der Waals surface area contributed by atoms with Gasteiger partial charge < -0.3 is 14.9 Å². The van der Waals surface area contributed by atoms with Gasteiger partial charge in [-0.1, -0.05) is 18.2 Å². The average Bonchev–Trinajstić information content (AvgIpc) is 2.92. The van der Waals surface area contributed by atoms with Gasteiger partial charge in [0, 0.05) is 30.5 Å². The third-order valence-corrected chi connectivity index (χ3v) is 8.79. The molecule has 3 aromatic rings. The molecule has 1 aromatic heterocycles. The van der Waals surface area contributed by atoms with Crippen molar-refractivity contribution in [1.29, 1.82) is 0 Å². The van der Waals surface area contributed by atoms with Crippen molar-refractivity contribution in [2.45, 2.75) is 49.2 Å². The van der Waals surface area contributed by atoms with Gasteiger partial charge in [0.1, 0.15) is 12.1 Å². The van der Waals surface area contributed by atoms with E-state index in [-0.39, 0.29) is 22.7 Å². The third-order valence-electron chi connectivity index (χ3n) is 7.27. The molecule has 1 fully saturated rings. The van der Waals surface area contributed by atoms with E-state index >= 15 is 0 Å². The molecule has 2 heterocycles. The maximum Gasteiger partial charge on any atom is 0.416 e. The van der Waals surface area contributed by atoms with Crippen LogP contribution in [0.15, 0.2) is 66.0 Å². The molecule has 4 rings (SSSR count). The van der Waals surface area contributed by atoms with Crippen molar-refractivity contribution in [3.8, 4) is 0 Å². The number of halogens is 3. The van der Waals surface area contributed by atoms with Crippen LogP contribution in [-0.2, 0) is 27.4 Å². The Labute approximate surface area is 238 Å². The molecular formula is C28H34F3N5O4S. The van der Waals surface area contributed by atoms with Gasteiger partial charge in [0.2, 0.25) is 0 Å². The molecule has 0 saturated carbocycles. The molecule has 13 heteroatoms. The Balaban J connectivity index is 0.00000147. The number of aryl methyl sites for hydroxylation is 2. The van der Waals surface area contributed by atoms with Crippen molar-refractivity contribution in [3.63, 3.8) is 0 Å². The molecule has 0 spiro atoms. The summed E-state index contributed by atoms with van der Waals surface area (Å²) >= 11 is 0. The van der Waals surface area contributed by atoms with Crippen LogP contribution in [0.1, 0.15) is 36.0 Å². The monoisotopic (exact) mass is 593 g/mol. The fourth-order valence-electron chi connectivity index (χ4n) is 5.08. The number of benzene rings is 2. The fourth-order valence-corrected chi connectivity index (χ4v) is 6.32. The van der Waals surface area contributed by atoms with E-state index in [0.717, 1.165) is 31.1 Å². The zero-order chi connectivity index (χ0) is 30.3. The Hall–Kier alpha value is -3.71. The Kier molecular flexibility index (Phi) is 10.3. The minimum atomic E-state index is -4.36. The standard InChI is InChI=1S/C27H32F3N5O2S.CH2O2/c1-20-16-23(8-9-24(20)38(36,37)33-25-11-14-31-19-32-25)35-15-5-12-26(18-35,34(2)3)13-10-21-6-4-7-22(17-21)27(28,29)30;2-1-3/h4,6-9,11,14,16-17,19H,5,10,12-13,15,18H2,1-3H3,(H,31,32,33);1H,(H,2,3)/t26-;/m1./s1. The summed E-state index contributed by atoms with van der Waals surface area (Å²) in [6.45, 7) is 3.00. The summed E-state index contributed by atoms with van der Waals surface area (Å²) in [5.41, 5.74) is 1.32. The molecule has 0 unspecified atom stereocenters. The van der Waals surface area contributed by atoms with Crippen molar-refractivity contribution in [3.05, 3.63) is 77.7 Å². The largest absolute Gasteiger partial charge is 0.483 e. The second-order valence-electron chi connectivity index (χ2n) is 10.1. The smallest absolute Gasteiger partial charge is 0.416 e. The zero-order valence-corrected chi connectivity index (χ0v) is 23.9. The lowest BCUT2D eigenvalue weighted by Crippen LogP contribution is -2.56. The van der Waals surface area contributed by atoms with Crippen LogP contribution in [0.2, 0.25) is 0 Å². The molecule has 2 N–H and O–H groups in total. The number of hydrogen-bond donors (Lipinski definition) is 2. The van der Waals surface area contributed by atoms with Crippen LogP contribution in [-0.4, -0.2) is 67.6 Å². The molecule has 1 aliphatic rings. The average molecular weight is 594 g/mol. The van der Waals surface area contributed by atoms with Crippen molar-refractivity contribution in [1.82, 2.24) is 14.9 Å². The van der Waals surface area contributed by atoms with Crippen LogP contribution < -0.4 is 9.62 Å². The van der Waals surface area contributed by atoms with Crippen LogP contribution in [0.3, 0.4) is 0 Å². The molecule has 1 aliphatic heterocycles. The highest BCUT2D eigenvalue weighted by Gasteiger charge is 2.38. The first-order chi connectivity index (χ1) is 19.3. The summed E-state index contributed by atoms with van der Waals surface area (Å²) in [4.78, 5) is 20.7. The summed E-state index contributed by atoms with van der Waals surface area (Å²) in [5.74, 6) is 0.191. The number of carboxylic acid groups (broad SMARTS) is 1. The molecule has 0 amide bonds. The quantitative estimate of drug-likeness (QED) is 0.357. The topological polar surface area (TPSA) is 116 Å². The first-order valence-electron chi connectivity index (χ1n) is 12.9. The minimum absolute atomic E-state index is 0.167.